The molecule has 1 aliphatic rings. The number of nitrogens with zero attached hydrogens (tertiary/aromatic N) is 3. The van der Waals surface area contributed by atoms with Gasteiger partial charge in [0.1, 0.15) is 5.69 Å². The van der Waals surface area contributed by atoms with Gasteiger partial charge < -0.3 is 20.5 Å². The summed E-state index contributed by atoms with van der Waals surface area (Å²) in [5.74, 6) is -4.05. The van der Waals surface area contributed by atoms with Crippen LogP contribution in [0.15, 0.2) is 42.6 Å². The minimum atomic E-state index is -1.02. The number of ether oxygens (including phenoxy) is 1. The van der Waals surface area contributed by atoms with Crippen LogP contribution in [0.2, 0.25) is 0 Å². The number of carboxylic acids is 1. The molecule has 0 saturated heterocycles. The third-order valence-corrected chi connectivity index (χ3v) is 6.89. The molecule has 2 aromatic heterocycles. The number of hydrogen-bond acceptors (Lipinski definition) is 7. The third kappa shape index (κ3) is 5.25. The van der Waals surface area contributed by atoms with Gasteiger partial charge in [0.25, 0.3) is 5.91 Å². The van der Waals surface area contributed by atoms with E-state index in [0.717, 1.165) is 41.7 Å². The van der Waals surface area contributed by atoms with Gasteiger partial charge in [-0.2, -0.15) is 5.10 Å². The molecule has 1 amide bonds. The van der Waals surface area contributed by atoms with E-state index in [1.54, 1.807) is 12.1 Å². The van der Waals surface area contributed by atoms with Crippen LogP contribution in [0.3, 0.4) is 0 Å². The molecule has 40 heavy (non-hydrogen) atoms. The van der Waals surface area contributed by atoms with Crippen LogP contribution in [0.4, 0.5) is 8.78 Å². The highest BCUT2D eigenvalue weighted by Crippen LogP contribution is 2.35. The SMILES string of the molecule is CC(=O)Oc1cnn2c(CN[C@H]3CCc4c3ccc(C(=O)O)c4C)cc(C(=O)NCc3ccc(F)c(F)c3)nc12. The molecule has 1 aliphatic carbocycles. The molecule has 0 unspecified atom stereocenters. The number of benzene rings is 2. The number of esters is 1. The summed E-state index contributed by atoms with van der Waals surface area (Å²) in [4.78, 5) is 40.5. The lowest BCUT2D eigenvalue weighted by Gasteiger charge is -2.16. The van der Waals surface area contributed by atoms with Crippen LogP contribution in [0.25, 0.3) is 5.65 Å². The Balaban J connectivity index is 1.41. The minimum Gasteiger partial charge on any atom is -0.478 e. The van der Waals surface area contributed by atoms with E-state index in [4.69, 9.17) is 4.74 Å². The first-order chi connectivity index (χ1) is 19.1. The molecular formula is C28H25F2N5O5. The van der Waals surface area contributed by atoms with Gasteiger partial charge in [-0.1, -0.05) is 12.1 Å². The van der Waals surface area contributed by atoms with E-state index < -0.39 is 29.5 Å². The second-order valence-corrected chi connectivity index (χ2v) is 9.48. The van der Waals surface area contributed by atoms with Crippen LogP contribution in [0.1, 0.15) is 68.2 Å². The van der Waals surface area contributed by atoms with Gasteiger partial charge in [0, 0.05) is 26.1 Å². The number of amides is 1. The molecule has 1 atom stereocenters. The number of aromatic carboxylic acids is 1. The van der Waals surface area contributed by atoms with Crippen molar-refractivity contribution >= 4 is 23.5 Å². The average molecular weight is 550 g/mol. The summed E-state index contributed by atoms with van der Waals surface area (Å²) in [5.41, 5.74) is 4.12. The van der Waals surface area contributed by atoms with Gasteiger partial charge in [-0.3, -0.25) is 9.59 Å². The van der Waals surface area contributed by atoms with Gasteiger partial charge in [0.15, 0.2) is 23.0 Å². The molecule has 0 spiro atoms. The highest BCUT2D eigenvalue weighted by molar-refractivity contribution is 5.93. The highest BCUT2D eigenvalue weighted by Gasteiger charge is 2.26. The molecule has 0 fully saturated rings. The summed E-state index contributed by atoms with van der Waals surface area (Å²) >= 11 is 0. The second kappa shape index (κ2) is 10.8. The predicted molar refractivity (Wildman–Crippen MR) is 138 cm³/mol. The Morgan fingerprint density at radius 2 is 1.93 bits per heavy atom. The van der Waals surface area contributed by atoms with Crippen LogP contribution in [0.5, 0.6) is 5.75 Å². The fraction of sp³-hybridized carbons (Fsp3) is 0.250. The van der Waals surface area contributed by atoms with Gasteiger partial charge in [-0.15, -0.1) is 0 Å². The first kappa shape index (κ1) is 26.9. The lowest BCUT2D eigenvalue weighted by atomic mass is 9.98. The number of halogens is 2. The zero-order valence-corrected chi connectivity index (χ0v) is 21.6. The Bertz CT molecular complexity index is 1670. The Hall–Kier alpha value is -4.71. The van der Waals surface area contributed by atoms with Gasteiger partial charge in [-0.05, 0) is 66.3 Å². The molecule has 0 saturated carbocycles. The van der Waals surface area contributed by atoms with Crippen molar-refractivity contribution in [3.05, 3.63) is 93.4 Å². The fourth-order valence-electron chi connectivity index (χ4n) is 4.95. The second-order valence-electron chi connectivity index (χ2n) is 9.48. The zero-order chi connectivity index (χ0) is 28.6. The molecule has 10 nitrogen and oxygen atoms in total. The number of carboxylic acid groups (broad SMARTS) is 1. The average Bonchev–Trinajstić information content (AvgIpc) is 3.52. The van der Waals surface area contributed by atoms with Crippen molar-refractivity contribution in [1.29, 1.82) is 0 Å². The van der Waals surface area contributed by atoms with Crippen LogP contribution in [-0.2, 0) is 24.3 Å². The molecule has 0 radical (unpaired) electrons. The standard InChI is InChI=1S/C28H25F2N5O5/c1-14-18-6-8-23(20(18)5-4-19(14)28(38)39)31-12-17-10-24(34-26-25(40-15(2)36)13-33-35(17)26)27(37)32-11-16-3-7-21(29)22(30)9-16/h3-5,7,9-10,13,23,31H,6,8,11-12H2,1-2H3,(H,32,37)(H,38,39)/t23-/m0/s1. The van der Waals surface area contributed by atoms with Crippen molar-refractivity contribution < 1.29 is 33.0 Å². The van der Waals surface area contributed by atoms with Crippen LogP contribution >= 0.6 is 0 Å². The van der Waals surface area contributed by atoms with Gasteiger partial charge in [0.2, 0.25) is 0 Å². The Morgan fingerprint density at radius 3 is 2.65 bits per heavy atom. The summed E-state index contributed by atoms with van der Waals surface area (Å²) in [7, 11) is 0. The van der Waals surface area contributed by atoms with Crippen LogP contribution in [0, 0.1) is 18.6 Å². The molecule has 0 aliphatic heterocycles. The largest absolute Gasteiger partial charge is 0.478 e. The summed E-state index contributed by atoms with van der Waals surface area (Å²) < 4.78 is 33.5. The maximum absolute atomic E-state index is 13.6. The van der Waals surface area contributed by atoms with Crippen molar-refractivity contribution in [3.63, 3.8) is 0 Å². The summed E-state index contributed by atoms with van der Waals surface area (Å²) in [6, 6.07) is 8.25. The Morgan fingerprint density at radius 1 is 1.12 bits per heavy atom. The molecule has 0 bridgehead atoms. The number of fused-ring (bicyclic) bond motifs is 2. The van der Waals surface area contributed by atoms with E-state index in [9.17, 15) is 28.3 Å². The van der Waals surface area contributed by atoms with E-state index >= 15 is 0 Å². The number of hydrogen-bond donors (Lipinski definition) is 3. The van der Waals surface area contributed by atoms with Crippen LogP contribution < -0.4 is 15.4 Å². The fourth-order valence-corrected chi connectivity index (χ4v) is 4.95. The molecule has 206 valence electrons. The summed E-state index contributed by atoms with van der Waals surface area (Å²) in [5, 5.41) is 19.8. The molecular weight excluding hydrogens is 524 g/mol. The minimum absolute atomic E-state index is 0.00884. The first-order valence-electron chi connectivity index (χ1n) is 12.5. The topological polar surface area (TPSA) is 135 Å². The summed E-state index contributed by atoms with van der Waals surface area (Å²) in [6.07, 6.45) is 2.81. The van der Waals surface area contributed by atoms with Crippen molar-refractivity contribution in [2.24, 2.45) is 0 Å². The molecule has 3 N–H and O–H groups in total. The van der Waals surface area contributed by atoms with Gasteiger partial charge >= 0.3 is 11.9 Å². The number of nitrogens with one attached hydrogen (secondary N) is 2. The maximum Gasteiger partial charge on any atom is 0.335 e. The van der Waals surface area contributed by atoms with E-state index in [-0.39, 0.29) is 41.8 Å². The molecule has 5 rings (SSSR count). The van der Waals surface area contributed by atoms with Crippen molar-refractivity contribution in [2.45, 2.75) is 45.8 Å². The van der Waals surface area contributed by atoms with Gasteiger partial charge in [-0.25, -0.2) is 23.1 Å². The molecule has 12 heteroatoms. The zero-order valence-electron chi connectivity index (χ0n) is 21.6. The third-order valence-electron chi connectivity index (χ3n) is 6.89. The van der Waals surface area contributed by atoms with E-state index in [2.05, 4.69) is 20.7 Å². The lowest BCUT2D eigenvalue weighted by Crippen LogP contribution is -2.26. The predicted octanol–water partition coefficient (Wildman–Crippen LogP) is 3.65. The van der Waals surface area contributed by atoms with Gasteiger partial charge in [0.05, 0.1) is 17.5 Å². The number of carbonyl (C=O) groups excluding carboxylic acids is 2. The van der Waals surface area contributed by atoms with Crippen molar-refractivity contribution in [1.82, 2.24) is 25.2 Å². The Kier molecular flexibility index (Phi) is 7.26. The van der Waals surface area contributed by atoms with Crippen LogP contribution in [-0.4, -0.2) is 37.6 Å². The van der Waals surface area contributed by atoms with E-state index in [1.807, 2.05) is 13.0 Å². The smallest absolute Gasteiger partial charge is 0.335 e. The normalized spacial score (nSPS) is 14.2. The van der Waals surface area contributed by atoms with E-state index in [1.165, 1.54) is 23.7 Å². The van der Waals surface area contributed by atoms with Crippen molar-refractivity contribution in [2.75, 3.05) is 0 Å². The lowest BCUT2D eigenvalue weighted by molar-refractivity contribution is -0.131. The maximum atomic E-state index is 13.6. The summed E-state index contributed by atoms with van der Waals surface area (Å²) in [6.45, 7) is 3.23. The number of rotatable bonds is 8. The number of carbonyl (C=O) groups is 3. The molecule has 4 aromatic rings. The number of aromatic nitrogens is 3. The highest BCUT2D eigenvalue weighted by atomic mass is 19.2. The Labute approximate surface area is 227 Å². The van der Waals surface area contributed by atoms with E-state index in [0.29, 0.717) is 11.3 Å². The first-order valence-corrected chi connectivity index (χ1v) is 12.5. The quantitative estimate of drug-likeness (QED) is 0.284. The monoisotopic (exact) mass is 549 g/mol. The van der Waals surface area contributed by atoms with Crippen molar-refractivity contribution in [3.8, 4) is 5.75 Å². The molecule has 2 heterocycles. The molecule has 2 aromatic carbocycles.